The molecule has 1 aromatic carbocycles. The van der Waals surface area contributed by atoms with Gasteiger partial charge in [0.05, 0.1) is 10.7 Å². The van der Waals surface area contributed by atoms with Crippen molar-refractivity contribution in [3.63, 3.8) is 0 Å². The summed E-state index contributed by atoms with van der Waals surface area (Å²) in [6.45, 7) is 5.96. The zero-order valence-corrected chi connectivity index (χ0v) is 12.6. The van der Waals surface area contributed by atoms with Gasteiger partial charge in [0.1, 0.15) is 18.2 Å². The quantitative estimate of drug-likeness (QED) is 0.848. The summed E-state index contributed by atoms with van der Waals surface area (Å²) in [5.74, 6) is 0.270. The van der Waals surface area contributed by atoms with Gasteiger partial charge in [-0.25, -0.2) is 9.37 Å². The lowest BCUT2D eigenvalue weighted by Crippen LogP contribution is -2.12. The summed E-state index contributed by atoms with van der Waals surface area (Å²) in [5, 5.41) is 6.25. The molecular weight excluding hydrogens is 275 g/mol. The first-order chi connectivity index (χ1) is 9.71. The van der Waals surface area contributed by atoms with Gasteiger partial charge in [0, 0.05) is 18.0 Å². The lowest BCUT2D eigenvalue weighted by molar-refractivity contribution is 0.300. The highest BCUT2D eigenvalue weighted by atomic mass is 32.1. The van der Waals surface area contributed by atoms with E-state index in [0.29, 0.717) is 18.9 Å². The van der Waals surface area contributed by atoms with Crippen LogP contribution < -0.4 is 10.1 Å². The van der Waals surface area contributed by atoms with E-state index in [4.69, 9.17) is 4.74 Å². The number of thiazole rings is 1. The molecule has 0 aliphatic heterocycles. The fourth-order valence-corrected chi connectivity index (χ4v) is 2.54. The van der Waals surface area contributed by atoms with Crippen LogP contribution in [0.3, 0.4) is 0 Å². The Labute approximate surface area is 122 Å². The molecule has 20 heavy (non-hydrogen) atoms. The molecule has 3 nitrogen and oxygen atoms in total. The molecule has 0 saturated carbocycles. The summed E-state index contributed by atoms with van der Waals surface area (Å²) < 4.78 is 19.1. The molecule has 0 spiro atoms. The average molecular weight is 294 g/mol. The van der Waals surface area contributed by atoms with Gasteiger partial charge in [0.25, 0.3) is 0 Å². The Kier molecular flexibility index (Phi) is 5.49. The Balaban J connectivity index is 1.99. The van der Waals surface area contributed by atoms with Crippen LogP contribution in [0.2, 0.25) is 0 Å². The molecule has 1 aromatic heterocycles. The van der Waals surface area contributed by atoms with Crippen molar-refractivity contribution in [3.8, 4) is 5.75 Å². The number of benzene rings is 1. The first-order valence-corrected chi connectivity index (χ1v) is 7.65. The van der Waals surface area contributed by atoms with E-state index in [1.807, 2.05) is 18.4 Å². The van der Waals surface area contributed by atoms with Gasteiger partial charge in [-0.1, -0.05) is 13.8 Å². The van der Waals surface area contributed by atoms with Crippen molar-refractivity contribution in [2.24, 2.45) is 0 Å². The van der Waals surface area contributed by atoms with Gasteiger partial charge in [0.2, 0.25) is 0 Å². The predicted molar refractivity (Wildman–Crippen MR) is 79.6 cm³/mol. The summed E-state index contributed by atoms with van der Waals surface area (Å²) in [6.07, 6.45) is 0.928. The predicted octanol–water partition coefficient (Wildman–Crippen LogP) is 3.53. The van der Waals surface area contributed by atoms with Crippen molar-refractivity contribution >= 4 is 11.3 Å². The number of rotatable bonds is 7. The number of hydrogen-bond donors (Lipinski definition) is 1. The van der Waals surface area contributed by atoms with E-state index in [2.05, 4.69) is 17.2 Å². The maximum absolute atomic E-state index is 13.5. The van der Waals surface area contributed by atoms with Gasteiger partial charge in [-0.2, -0.15) is 0 Å². The summed E-state index contributed by atoms with van der Waals surface area (Å²) >= 11 is 1.63. The van der Waals surface area contributed by atoms with E-state index in [0.717, 1.165) is 29.2 Å². The molecule has 2 aromatic rings. The molecule has 2 rings (SSSR count). The standard InChI is InChI=1S/C15H19FN2OS/c1-3-15-18-13(10-20-15)9-19-14-6-11(8-17-4-2)5-12(16)7-14/h5-7,10,17H,3-4,8-9H2,1-2H3. The average Bonchev–Trinajstić information content (AvgIpc) is 2.90. The first-order valence-electron chi connectivity index (χ1n) is 6.77. The molecule has 0 saturated heterocycles. The fraction of sp³-hybridized carbons (Fsp3) is 0.400. The SMILES string of the molecule is CCNCc1cc(F)cc(OCc2csc(CC)n2)c1. The second kappa shape index (κ2) is 7.36. The monoisotopic (exact) mass is 294 g/mol. The maximum Gasteiger partial charge on any atom is 0.131 e. The lowest BCUT2D eigenvalue weighted by Gasteiger charge is -2.08. The molecule has 1 heterocycles. The van der Waals surface area contributed by atoms with E-state index < -0.39 is 0 Å². The van der Waals surface area contributed by atoms with Crippen LogP contribution in [0.5, 0.6) is 5.75 Å². The Morgan fingerprint density at radius 1 is 1.30 bits per heavy atom. The second-order valence-electron chi connectivity index (χ2n) is 4.45. The molecule has 0 unspecified atom stereocenters. The molecule has 0 amide bonds. The van der Waals surface area contributed by atoms with Crippen molar-refractivity contribution in [2.45, 2.75) is 33.4 Å². The number of nitrogens with one attached hydrogen (secondary N) is 1. The third-order valence-electron chi connectivity index (χ3n) is 2.80. The number of aryl methyl sites for hydroxylation is 1. The Morgan fingerprint density at radius 3 is 2.85 bits per heavy atom. The normalized spacial score (nSPS) is 10.8. The minimum absolute atomic E-state index is 0.275. The van der Waals surface area contributed by atoms with Crippen molar-refractivity contribution in [1.29, 1.82) is 0 Å². The van der Waals surface area contributed by atoms with Gasteiger partial charge in [-0.05, 0) is 30.7 Å². The van der Waals surface area contributed by atoms with Gasteiger partial charge in [0.15, 0.2) is 0 Å². The van der Waals surface area contributed by atoms with Crippen LogP contribution in [-0.2, 0) is 19.6 Å². The minimum atomic E-state index is -0.275. The van der Waals surface area contributed by atoms with Crippen molar-refractivity contribution in [2.75, 3.05) is 6.54 Å². The van der Waals surface area contributed by atoms with Crippen LogP contribution in [-0.4, -0.2) is 11.5 Å². The van der Waals surface area contributed by atoms with Gasteiger partial charge >= 0.3 is 0 Å². The molecule has 1 N–H and O–H groups in total. The highest BCUT2D eigenvalue weighted by molar-refractivity contribution is 7.09. The van der Waals surface area contributed by atoms with Gasteiger partial charge in [-0.3, -0.25) is 0 Å². The van der Waals surface area contributed by atoms with Crippen LogP contribution in [0, 0.1) is 5.82 Å². The lowest BCUT2D eigenvalue weighted by atomic mass is 10.2. The van der Waals surface area contributed by atoms with Crippen LogP contribution in [0.25, 0.3) is 0 Å². The largest absolute Gasteiger partial charge is 0.487 e. The summed E-state index contributed by atoms with van der Waals surface area (Å²) in [4.78, 5) is 4.43. The summed E-state index contributed by atoms with van der Waals surface area (Å²) in [7, 11) is 0. The van der Waals surface area contributed by atoms with Crippen LogP contribution in [0.4, 0.5) is 4.39 Å². The van der Waals surface area contributed by atoms with Crippen molar-refractivity contribution in [3.05, 3.63) is 45.7 Å². The van der Waals surface area contributed by atoms with Gasteiger partial charge in [-0.15, -0.1) is 11.3 Å². The number of ether oxygens (including phenoxy) is 1. The number of nitrogens with zero attached hydrogens (tertiary/aromatic N) is 1. The van der Waals surface area contributed by atoms with Gasteiger partial charge < -0.3 is 10.1 Å². The smallest absolute Gasteiger partial charge is 0.131 e. The molecule has 0 radical (unpaired) electrons. The highest BCUT2D eigenvalue weighted by Crippen LogP contribution is 2.19. The maximum atomic E-state index is 13.5. The molecular formula is C15H19FN2OS. The Bertz CT molecular complexity index is 557. The molecule has 0 aliphatic rings. The topological polar surface area (TPSA) is 34.1 Å². The minimum Gasteiger partial charge on any atom is -0.487 e. The van der Waals surface area contributed by atoms with Crippen molar-refractivity contribution < 1.29 is 9.13 Å². The van der Waals surface area contributed by atoms with Crippen LogP contribution in [0.15, 0.2) is 23.6 Å². The van der Waals surface area contributed by atoms with E-state index in [9.17, 15) is 4.39 Å². The summed E-state index contributed by atoms with van der Waals surface area (Å²) in [5.41, 5.74) is 1.78. The zero-order valence-electron chi connectivity index (χ0n) is 11.8. The first kappa shape index (κ1) is 14.9. The molecule has 0 fully saturated rings. The van der Waals surface area contributed by atoms with Crippen LogP contribution >= 0.6 is 11.3 Å². The third-order valence-corrected chi connectivity index (χ3v) is 3.84. The van der Waals surface area contributed by atoms with Crippen molar-refractivity contribution in [1.82, 2.24) is 10.3 Å². The molecule has 0 atom stereocenters. The van der Waals surface area contributed by atoms with E-state index in [-0.39, 0.29) is 5.82 Å². The van der Waals surface area contributed by atoms with E-state index in [1.54, 1.807) is 11.3 Å². The third kappa shape index (κ3) is 4.28. The van der Waals surface area contributed by atoms with Crippen LogP contribution in [0.1, 0.15) is 30.1 Å². The molecule has 5 heteroatoms. The Morgan fingerprint density at radius 2 is 2.15 bits per heavy atom. The number of halogens is 1. The fourth-order valence-electron chi connectivity index (χ4n) is 1.81. The summed E-state index contributed by atoms with van der Waals surface area (Å²) in [6, 6.07) is 4.79. The molecule has 108 valence electrons. The number of hydrogen-bond acceptors (Lipinski definition) is 4. The Hall–Kier alpha value is -1.46. The van der Waals surface area contributed by atoms with E-state index >= 15 is 0 Å². The highest BCUT2D eigenvalue weighted by Gasteiger charge is 2.04. The van der Waals surface area contributed by atoms with E-state index in [1.165, 1.54) is 12.1 Å². The second-order valence-corrected chi connectivity index (χ2v) is 5.39. The molecule has 0 aliphatic carbocycles. The number of aromatic nitrogens is 1. The zero-order chi connectivity index (χ0) is 14.4. The molecule has 0 bridgehead atoms.